The molecular weight excluding hydrogens is 172 g/mol. The van der Waals surface area contributed by atoms with E-state index in [-0.39, 0.29) is 6.54 Å². The lowest BCUT2D eigenvalue weighted by atomic mass is 10.3. The van der Waals surface area contributed by atoms with E-state index in [2.05, 4.69) is 20.1 Å². The van der Waals surface area contributed by atoms with Gasteiger partial charge in [0.05, 0.1) is 12.6 Å². The first-order chi connectivity index (χ1) is 6.35. The Morgan fingerprint density at radius 1 is 1.38 bits per heavy atom. The Hall–Kier alpha value is -1.42. The largest absolute Gasteiger partial charge is 0.381 e. The SMILES string of the molecule is CCCOCC(CN=[N+]=[N-])N=[N+]=[N-]. The quantitative estimate of drug-likeness (QED) is 0.257. The average molecular weight is 184 g/mol. The summed E-state index contributed by atoms with van der Waals surface area (Å²) < 4.78 is 5.15. The van der Waals surface area contributed by atoms with Gasteiger partial charge in [0.25, 0.3) is 0 Å². The summed E-state index contributed by atoms with van der Waals surface area (Å²) in [6, 6.07) is -0.396. The zero-order valence-electron chi connectivity index (χ0n) is 7.50. The van der Waals surface area contributed by atoms with Crippen molar-refractivity contribution in [2.24, 2.45) is 10.2 Å². The highest BCUT2D eigenvalue weighted by molar-refractivity contribution is 4.69. The summed E-state index contributed by atoms with van der Waals surface area (Å²) in [5, 5.41) is 6.73. The van der Waals surface area contributed by atoms with Gasteiger partial charge in [-0.3, -0.25) is 0 Å². The van der Waals surface area contributed by atoms with Gasteiger partial charge in [-0.25, -0.2) is 0 Å². The van der Waals surface area contributed by atoms with Crippen LogP contribution in [0.3, 0.4) is 0 Å². The zero-order valence-corrected chi connectivity index (χ0v) is 7.50. The molecular formula is C6H12N6O. The third-order valence-corrected chi connectivity index (χ3v) is 1.23. The van der Waals surface area contributed by atoms with E-state index in [0.29, 0.717) is 13.2 Å². The van der Waals surface area contributed by atoms with Gasteiger partial charge >= 0.3 is 0 Å². The monoisotopic (exact) mass is 184 g/mol. The molecule has 7 heteroatoms. The Labute approximate surface area is 75.9 Å². The number of nitrogens with zero attached hydrogens (tertiary/aromatic N) is 6. The molecule has 0 bridgehead atoms. The minimum Gasteiger partial charge on any atom is -0.381 e. The van der Waals surface area contributed by atoms with Gasteiger partial charge in [-0.05, 0) is 17.5 Å². The smallest absolute Gasteiger partial charge is 0.0663 e. The molecule has 0 fully saturated rings. The van der Waals surface area contributed by atoms with Crippen molar-refractivity contribution in [3.8, 4) is 0 Å². The summed E-state index contributed by atoms with van der Waals surface area (Å²) in [6.45, 7) is 3.05. The zero-order chi connectivity index (χ0) is 9.94. The summed E-state index contributed by atoms with van der Waals surface area (Å²) in [6.07, 6.45) is 0.907. The summed E-state index contributed by atoms with van der Waals surface area (Å²) in [5.41, 5.74) is 16.2. The van der Waals surface area contributed by atoms with Crippen LogP contribution in [0.25, 0.3) is 20.9 Å². The molecule has 0 aromatic carbocycles. The van der Waals surface area contributed by atoms with Crippen LogP contribution in [0.4, 0.5) is 0 Å². The molecule has 0 N–H and O–H groups in total. The Kier molecular flexibility index (Phi) is 7.73. The molecule has 1 unspecified atom stereocenters. The fourth-order valence-corrected chi connectivity index (χ4v) is 0.690. The summed E-state index contributed by atoms with van der Waals surface area (Å²) >= 11 is 0. The molecule has 0 amide bonds. The molecule has 0 aliphatic carbocycles. The molecule has 0 spiro atoms. The van der Waals surface area contributed by atoms with Crippen LogP contribution in [0.15, 0.2) is 10.2 Å². The lowest BCUT2D eigenvalue weighted by molar-refractivity contribution is 0.123. The normalized spacial score (nSPS) is 11.2. The molecule has 0 saturated carbocycles. The maximum absolute atomic E-state index is 8.16. The molecule has 0 aliphatic rings. The molecule has 72 valence electrons. The minimum absolute atomic E-state index is 0.143. The second-order valence-electron chi connectivity index (χ2n) is 2.35. The van der Waals surface area contributed by atoms with Crippen LogP contribution in [0.2, 0.25) is 0 Å². The van der Waals surface area contributed by atoms with Gasteiger partial charge in [0.15, 0.2) is 0 Å². The van der Waals surface area contributed by atoms with Gasteiger partial charge < -0.3 is 4.74 Å². The van der Waals surface area contributed by atoms with Gasteiger partial charge in [-0.15, -0.1) is 0 Å². The number of ether oxygens (including phenoxy) is 1. The molecule has 0 saturated heterocycles. The highest BCUT2D eigenvalue weighted by Crippen LogP contribution is 1.95. The predicted molar refractivity (Wildman–Crippen MR) is 48.1 cm³/mol. The van der Waals surface area contributed by atoms with Gasteiger partial charge in [-0.1, -0.05) is 17.2 Å². The van der Waals surface area contributed by atoms with Crippen molar-refractivity contribution in [3.05, 3.63) is 20.9 Å². The Morgan fingerprint density at radius 3 is 2.69 bits per heavy atom. The number of hydrogen-bond donors (Lipinski definition) is 0. The first kappa shape index (κ1) is 11.6. The third kappa shape index (κ3) is 6.96. The van der Waals surface area contributed by atoms with Crippen molar-refractivity contribution in [2.75, 3.05) is 19.8 Å². The summed E-state index contributed by atoms with van der Waals surface area (Å²) in [7, 11) is 0. The van der Waals surface area contributed by atoms with E-state index in [4.69, 9.17) is 15.8 Å². The number of rotatable bonds is 7. The maximum atomic E-state index is 8.16. The van der Waals surface area contributed by atoms with Crippen LogP contribution in [-0.2, 0) is 4.74 Å². The lowest BCUT2D eigenvalue weighted by Gasteiger charge is -2.07. The Bertz CT molecular complexity index is 217. The fourth-order valence-electron chi connectivity index (χ4n) is 0.690. The predicted octanol–water partition coefficient (Wildman–Crippen LogP) is 2.40. The van der Waals surface area contributed by atoms with Gasteiger partial charge in [0.2, 0.25) is 0 Å². The molecule has 0 aromatic heterocycles. The van der Waals surface area contributed by atoms with E-state index < -0.39 is 6.04 Å². The van der Waals surface area contributed by atoms with E-state index >= 15 is 0 Å². The summed E-state index contributed by atoms with van der Waals surface area (Å²) in [4.78, 5) is 5.20. The van der Waals surface area contributed by atoms with Crippen molar-refractivity contribution in [1.82, 2.24) is 0 Å². The van der Waals surface area contributed by atoms with Gasteiger partial charge in [0.1, 0.15) is 0 Å². The van der Waals surface area contributed by atoms with Crippen LogP contribution in [-0.4, -0.2) is 25.8 Å². The highest BCUT2D eigenvalue weighted by Gasteiger charge is 2.03. The second-order valence-corrected chi connectivity index (χ2v) is 2.35. The molecule has 0 heterocycles. The Balaban J connectivity index is 3.79. The first-order valence-electron chi connectivity index (χ1n) is 3.98. The van der Waals surface area contributed by atoms with E-state index in [1.54, 1.807) is 0 Å². The molecule has 0 aromatic rings. The van der Waals surface area contributed by atoms with Crippen LogP contribution in [0.5, 0.6) is 0 Å². The van der Waals surface area contributed by atoms with E-state index in [9.17, 15) is 0 Å². The molecule has 0 rings (SSSR count). The van der Waals surface area contributed by atoms with Gasteiger partial charge in [0, 0.05) is 23.0 Å². The van der Waals surface area contributed by atoms with Crippen LogP contribution >= 0.6 is 0 Å². The number of hydrogen-bond acceptors (Lipinski definition) is 3. The van der Waals surface area contributed by atoms with Crippen molar-refractivity contribution in [3.63, 3.8) is 0 Å². The highest BCUT2D eigenvalue weighted by atomic mass is 16.5. The fraction of sp³-hybridized carbons (Fsp3) is 1.00. The topological polar surface area (TPSA) is 107 Å². The van der Waals surface area contributed by atoms with E-state index in [0.717, 1.165) is 6.42 Å². The van der Waals surface area contributed by atoms with Crippen molar-refractivity contribution in [2.45, 2.75) is 19.4 Å². The lowest BCUT2D eigenvalue weighted by Crippen LogP contribution is -2.16. The molecule has 1 atom stereocenters. The van der Waals surface area contributed by atoms with Gasteiger partial charge in [-0.2, -0.15) is 0 Å². The van der Waals surface area contributed by atoms with Crippen molar-refractivity contribution < 1.29 is 4.74 Å². The average Bonchev–Trinajstić information content (AvgIpc) is 2.14. The van der Waals surface area contributed by atoms with Crippen molar-refractivity contribution >= 4 is 0 Å². The molecule has 13 heavy (non-hydrogen) atoms. The maximum Gasteiger partial charge on any atom is 0.0663 e. The van der Waals surface area contributed by atoms with Crippen molar-refractivity contribution in [1.29, 1.82) is 0 Å². The van der Waals surface area contributed by atoms with E-state index in [1.807, 2.05) is 6.92 Å². The first-order valence-corrected chi connectivity index (χ1v) is 3.98. The minimum atomic E-state index is -0.396. The third-order valence-electron chi connectivity index (χ3n) is 1.23. The van der Waals surface area contributed by atoms with Crippen LogP contribution in [0, 0.1) is 0 Å². The van der Waals surface area contributed by atoms with E-state index in [1.165, 1.54) is 0 Å². The Morgan fingerprint density at radius 2 is 2.15 bits per heavy atom. The van der Waals surface area contributed by atoms with Crippen LogP contribution in [0.1, 0.15) is 13.3 Å². The standard InChI is InChI=1S/C6H12N6O/c1-2-3-13-5-6(10-12-8)4-9-11-7/h6H,2-5H2,1H3. The molecule has 0 aliphatic heterocycles. The number of azide groups is 2. The molecule has 0 radical (unpaired) electrons. The summed E-state index contributed by atoms with van der Waals surface area (Å²) in [5.74, 6) is 0. The van der Waals surface area contributed by atoms with Crippen LogP contribution < -0.4 is 0 Å². The molecule has 7 nitrogen and oxygen atoms in total. The second kappa shape index (κ2) is 8.67.